The van der Waals surface area contributed by atoms with Crippen LogP contribution in [0, 0.1) is 5.92 Å². The molecule has 0 saturated carbocycles. The van der Waals surface area contributed by atoms with Gasteiger partial charge < -0.3 is 15.8 Å². The number of benzene rings is 1. The molecule has 1 unspecified atom stereocenters. The first-order valence-corrected chi connectivity index (χ1v) is 8.10. The second kappa shape index (κ2) is 9.59. The third kappa shape index (κ3) is 6.58. The molecule has 1 aromatic carbocycles. The van der Waals surface area contributed by atoms with E-state index >= 15 is 0 Å². The Morgan fingerprint density at radius 2 is 1.95 bits per heavy atom. The van der Waals surface area contributed by atoms with E-state index in [9.17, 15) is 4.79 Å². The van der Waals surface area contributed by atoms with Crippen LogP contribution < -0.4 is 11.1 Å². The highest BCUT2D eigenvalue weighted by Gasteiger charge is 2.28. The summed E-state index contributed by atoms with van der Waals surface area (Å²) in [6, 6.07) is 10.3. The van der Waals surface area contributed by atoms with Gasteiger partial charge in [-0.2, -0.15) is 0 Å². The Hall–Kier alpha value is -1.39. The van der Waals surface area contributed by atoms with Gasteiger partial charge in [0.15, 0.2) is 0 Å². The Morgan fingerprint density at radius 3 is 2.55 bits per heavy atom. The van der Waals surface area contributed by atoms with Crippen molar-refractivity contribution in [3.8, 4) is 0 Å². The molecule has 124 valence electrons. The first kappa shape index (κ1) is 18.7. The summed E-state index contributed by atoms with van der Waals surface area (Å²) < 4.78 is 5.59. The molecule has 0 spiro atoms. The van der Waals surface area contributed by atoms with Crippen molar-refractivity contribution in [2.45, 2.75) is 45.6 Å². The Bertz CT molecular complexity index is 434. The van der Waals surface area contributed by atoms with Gasteiger partial charge in [-0.25, -0.2) is 0 Å². The van der Waals surface area contributed by atoms with Crippen LogP contribution in [0.5, 0.6) is 0 Å². The number of amides is 1. The molecule has 0 radical (unpaired) electrons. The lowest BCUT2D eigenvalue weighted by Gasteiger charge is -2.33. The van der Waals surface area contributed by atoms with E-state index in [0.717, 1.165) is 12.8 Å². The van der Waals surface area contributed by atoms with Crippen LogP contribution in [0.25, 0.3) is 0 Å². The summed E-state index contributed by atoms with van der Waals surface area (Å²) in [4.78, 5) is 12.0. The van der Waals surface area contributed by atoms with E-state index in [1.54, 1.807) is 0 Å². The van der Waals surface area contributed by atoms with Crippen LogP contribution in [0.3, 0.4) is 0 Å². The molecule has 1 aromatic rings. The topological polar surface area (TPSA) is 64.3 Å². The molecule has 0 aliphatic heterocycles. The van der Waals surface area contributed by atoms with Crippen molar-refractivity contribution in [3.63, 3.8) is 0 Å². The maximum Gasteiger partial charge on any atom is 0.220 e. The number of rotatable bonds is 10. The van der Waals surface area contributed by atoms with Crippen LogP contribution in [0.2, 0.25) is 0 Å². The monoisotopic (exact) mass is 306 g/mol. The maximum absolute atomic E-state index is 12.0. The average Bonchev–Trinajstić information content (AvgIpc) is 2.51. The van der Waals surface area contributed by atoms with Crippen molar-refractivity contribution in [1.29, 1.82) is 0 Å². The molecule has 0 aliphatic rings. The van der Waals surface area contributed by atoms with Crippen molar-refractivity contribution < 1.29 is 9.53 Å². The molecule has 0 heterocycles. The van der Waals surface area contributed by atoms with Crippen LogP contribution in [0.4, 0.5) is 0 Å². The van der Waals surface area contributed by atoms with Crippen molar-refractivity contribution in [1.82, 2.24) is 5.32 Å². The zero-order chi connectivity index (χ0) is 16.4. The minimum absolute atomic E-state index is 0.0494. The van der Waals surface area contributed by atoms with Gasteiger partial charge in [-0.1, -0.05) is 44.2 Å². The van der Waals surface area contributed by atoms with E-state index in [0.29, 0.717) is 32.1 Å². The Balaban J connectivity index is 2.13. The van der Waals surface area contributed by atoms with Gasteiger partial charge in [0.25, 0.3) is 0 Å². The number of carbonyl (C=O) groups excluding carboxylic acids is 1. The molecule has 0 fully saturated rings. The van der Waals surface area contributed by atoms with Gasteiger partial charge >= 0.3 is 0 Å². The zero-order valence-electron chi connectivity index (χ0n) is 14.1. The number of nitrogens with two attached hydrogens (primary N) is 1. The lowest BCUT2D eigenvalue weighted by atomic mass is 9.88. The molecular formula is C18H30N2O2. The fraction of sp³-hybridized carbons (Fsp3) is 0.611. The number of hydrogen-bond acceptors (Lipinski definition) is 3. The highest BCUT2D eigenvalue weighted by Crippen LogP contribution is 2.15. The van der Waals surface area contributed by atoms with E-state index in [4.69, 9.17) is 10.5 Å². The fourth-order valence-electron chi connectivity index (χ4n) is 2.08. The molecule has 1 atom stereocenters. The molecule has 4 heteroatoms. The highest BCUT2D eigenvalue weighted by atomic mass is 16.5. The predicted octanol–water partition coefficient (Wildman–Crippen LogP) is 2.52. The van der Waals surface area contributed by atoms with Gasteiger partial charge in [0.2, 0.25) is 5.91 Å². The number of nitrogens with one attached hydrogen (secondary N) is 1. The van der Waals surface area contributed by atoms with Crippen LogP contribution in [0.1, 0.15) is 39.2 Å². The van der Waals surface area contributed by atoms with Crippen LogP contribution in [0.15, 0.2) is 30.3 Å². The highest BCUT2D eigenvalue weighted by molar-refractivity contribution is 5.76. The predicted molar refractivity (Wildman–Crippen MR) is 90.6 cm³/mol. The molecule has 0 bridgehead atoms. The third-order valence-corrected chi connectivity index (χ3v) is 4.19. The average molecular weight is 306 g/mol. The van der Waals surface area contributed by atoms with Crippen LogP contribution in [-0.2, 0) is 16.0 Å². The standard InChI is InChI=1S/C18H30N2O2/c1-15(2)18(3,14-19)20-17(21)10-7-12-22-13-11-16-8-5-4-6-9-16/h4-6,8-9,15H,7,10-14,19H2,1-3H3,(H,20,21). The van der Waals surface area contributed by atoms with Crippen LogP contribution in [-0.4, -0.2) is 31.2 Å². The van der Waals surface area contributed by atoms with Gasteiger partial charge in [0.05, 0.1) is 12.1 Å². The smallest absolute Gasteiger partial charge is 0.220 e. The Labute approximate surface area is 134 Å². The molecular weight excluding hydrogens is 276 g/mol. The minimum atomic E-state index is -0.328. The lowest BCUT2D eigenvalue weighted by molar-refractivity contribution is -0.123. The third-order valence-electron chi connectivity index (χ3n) is 4.19. The summed E-state index contributed by atoms with van der Waals surface area (Å²) in [5.74, 6) is 0.358. The van der Waals surface area contributed by atoms with Gasteiger partial charge in [0, 0.05) is 19.6 Å². The van der Waals surface area contributed by atoms with E-state index in [2.05, 4.69) is 31.3 Å². The second-order valence-electron chi connectivity index (χ2n) is 6.28. The quantitative estimate of drug-likeness (QED) is 0.653. The number of hydrogen-bond donors (Lipinski definition) is 2. The first-order chi connectivity index (χ1) is 10.5. The summed E-state index contributed by atoms with van der Waals surface area (Å²) in [6.07, 6.45) is 2.12. The lowest BCUT2D eigenvalue weighted by Crippen LogP contribution is -2.55. The minimum Gasteiger partial charge on any atom is -0.381 e. The van der Waals surface area contributed by atoms with Gasteiger partial charge in [-0.3, -0.25) is 4.79 Å². The second-order valence-corrected chi connectivity index (χ2v) is 6.28. The normalized spacial score (nSPS) is 13.9. The van der Waals surface area contributed by atoms with Crippen molar-refractivity contribution in [3.05, 3.63) is 35.9 Å². The van der Waals surface area contributed by atoms with E-state index in [1.807, 2.05) is 25.1 Å². The molecule has 22 heavy (non-hydrogen) atoms. The number of ether oxygens (including phenoxy) is 1. The molecule has 1 rings (SSSR count). The van der Waals surface area contributed by atoms with E-state index < -0.39 is 0 Å². The largest absolute Gasteiger partial charge is 0.381 e. The van der Waals surface area contributed by atoms with Crippen LogP contribution >= 0.6 is 0 Å². The van der Waals surface area contributed by atoms with Gasteiger partial charge in [-0.05, 0) is 31.2 Å². The maximum atomic E-state index is 12.0. The van der Waals surface area contributed by atoms with Crippen molar-refractivity contribution in [2.24, 2.45) is 11.7 Å². The zero-order valence-corrected chi connectivity index (χ0v) is 14.1. The molecule has 0 saturated heterocycles. The molecule has 0 aliphatic carbocycles. The fourth-order valence-corrected chi connectivity index (χ4v) is 2.08. The summed E-state index contributed by atoms with van der Waals surface area (Å²) in [6.45, 7) is 7.88. The molecule has 0 aromatic heterocycles. The van der Waals surface area contributed by atoms with Crippen molar-refractivity contribution in [2.75, 3.05) is 19.8 Å². The summed E-state index contributed by atoms with van der Waals surface area (Å²) in [5, 5.41) is 3.04. The van der Waals surface area contributed by atoms with E-state index in [-0.39, 0.29) is 11.4 Å². The number of carbonyl (C=O) groups is 1. The van der Waals surface area contributed by atoms with Crippen molar-refractivity contribution >= 4 is 5.91 Å². The van der Waals surface area contributed by atoms with Gasteiger partial charge in [-0.15, -0.1) is 0 Å². The SMILES string of the molecule is CC(C)C(C)(CN)NC(=O)CCCOCCc1ccccc1. The molecule has 4 nitrogen and oxygen atoms in total. The Kier molecular flexibility index (Phi) is 8.13. The summed E-state index contributed by atoms with van der Waals surface area (Å²) >= 11 is 0. The summed E-state index contributed by atoms with van der Waals surface area (Å²) in [7, 11) is 0. The Morgan fingerprint density at radius 1 is 1.27 bits per heavy atom. The summed E-state index contributed by atoms with van der Waals surface area (Å²) in [5.41, 5.74) is 6.71. The molecule has 1 amide bonds. The molecule has 3 N–H and O–H groups in total. The van der Waals surface area contributed by atoms with E-state index in [1.165, 1.54) is 5.56 Å². The van der Waals surface area contributed by atoms with Gasteiger partial charge in [0.1, 0.15) is 0 Å². The first-order valence-electron chi connectivity index (χ1n) is 8.10.